The minimum atomic E-state index is -2.13. The van der Waals surface area contributed by atoms with Crippen LogP contribution >= 0.6 is 0 Å². The molecule has 0 spiro atoms. The van der Waals surface area contributed by atoms with E-state index in [1.54, 1.807) is 37.3 Å². The van der Waals surface area contributed by atoms with Gasteiger partial charge in [-0.2, -0.15) is 0 Å². The average molecular weight is 320 g/mol. The van der Waals surface area contributed by atoms with Crippen LogP contribution in [0.2, 0.25) is 0 Å². The number of hydrogen-bond donors (Lipinski definition) is 1. The lowest BCUT2D eigenvalue weighted by Crippen LogP contribution is -2.51. The van der Waals surface area contributed by atoms with Crippen LogP contribution in [0.5, 0.6) is 0 Å². The Bertz CT molecular complexity index is 552. The van der Waals surface area contributed by atoms with Crippen LogP contribution in [0.25, 0.3) is 0 Å². The summed E-state index contributed by atoms with van der Waals surface area (Å²) < 4.78 is 4.93. The molecular formula is C18H24O5. The lowest BCUT2D eigenvalue weighted by atomic mass is 9.76. The topological polar surface area (TPSA) is 80.7 Å². The van der Waals surface area contributed by atoms with Gasteiger partial charge in [0.15, 0.2) is 11.4 Å². The molecule has 0 aliphatic heterocycles. The van der Waals surface area contributed by atoms with Crippen molar-refractivity contribution in [2.45, 2.75) is 45.6 Å². The van der Waals surface area contributed by atoms with E-state index in [1.807, 2.05) is 6.92 Å². The molecule has 5 nitrogen and oxygen atoms in total. The van der Waals surface area contributed by atoms with Gasteiger partial charge < -0.3 is 9.84 Å². The molecule has 5 heteroatoms. The number of aliphatic hydroxyl groups is 1. The van der Waals surface area contributed by atoms with Crippen LogP contribution < -0.4 is 0 Å². The Kier molecular flexibility index (Phi) is 7.10. The zero-order chi connectivity index (χ0) is 17.5. The molecule has 0 aliphatic rings. The Morgan fingerprint density at radius 2 is 1.78 bits per heavy atom. The zero-order valence-corrected chi connectivity index (χ0v) is 13.9. The van der Waals surface area contributed by atoms with Gasteiger partial charge in [0.2, 0.25) is 0 Å². The van der Waals surface area contributed by atoms with Crippen LogP contribution in [0.15, 0.2) is 30.3 Å². The molecule has 0 unspecified atom stereocenters. The monoisotopic (exact) mass is 320 g/mol. The Morgan fingerprint density at radius 3 is 2.26 bits per heavy atom. The van der Waals surface area contributed by atoms with E-state index in [2.05, 4.69) is 0 Å². The molecule has 23 heavy (non-hydrogen) atoms. The van der Waals surface area contributed by atoms with Gasteiger partial charge in [-0.25, -0.2) is 4.79 Å². The lowest BCUT2D eigenvalue weighted by molar-refractivity contribution is -0.172. The Balaban J connectivity index is 3.26. The SMILES string of the molecule is CCC[C@H](C(=O)c1ccccc1)[C@](O)(CC(C)=O)C(=O)OCC. The highest BCUT2D eigenvalue weighted by Crippen LogP contribution is 2.31. The van der Waals surface area contributed by atoms with E-state index < -0.39 is 23.9 Å². The Morgan fingerprint density at radius 1 is 1.17 bits per heavy atom. The number of benzene rings is 1. The van der Waals surface area contributed by atoms with Crippen LogP contribution in [0.1, 0.15) is 50.4 Å². The fraction of sp³-hybridized carbons (Fsp3) is 0.500. The van der Waals surface area contributed by atoms with Gasteiger partial charge in [-0.15, -0.1) is 0 Å². The summed E-state index contributed by atoms with van der Waals surface area (Å²) >= 11 is 0. The highest BCUT2D eigenvalue weighted by Gasteiger charge is 2.49. The molecule has 2 atom stereocenters. The molecule has 126 valence electrons. The normalized spacial score (nSPS) is 14.6. The third-order valence-corrected chi connectivity index (χ3v) is 3.68. The van der Waals surface area contributed by atoms with Crippen molar-refractivity contribution in [2.75, 3.05) is 6.61 Å². The molecule has 0 radical (unpaired) electrons. The Labute approximate surface area is 136 Å². The molecule has 1 aromatic rings. The lowest BCUT2D eigenvalue weighted by Gasteiger charge is -2.32. The molecule has 0 saturated heterocycles. The van der Waals surface area contributed by atoms with Crippen molar-refractivity contribution >= 4 is 17.5 Å². The highest BCUT2D eigenvalue weighted by molar-refractivity contribution is 6.03. The van der Waals surface area contributed by atoms with E-state index in [4.69, 9.17) is 4.74 Å². The molecule has 0 aliphatic carbocycles. The predicted molar refractivity (Wildman–Crippen MR) is 86.1 cm³/mol. The summed E-state index contributed by atoms with van der Waals surface area (Å²) in [5.74, 6) is -2.66. The smallest absolute Gasteiger partial charge is 0.339 e. The largest absolute Gasteiger partial charge is 0.464 e. The minimum absolute atomic E-state index is 0.0669. The fourth-order valence-electron chi connectivity index (χ4n) is 2.65. The van der Waals surface area contributed by atoms with Crippen LogP contribution in [0, 0.1) is 5.92 Å². The summed E-state index contributed by atoms with van der Waals surface area (Å²) in [7, 11) is 0. The third kappa shape index (κ3) is 4.73. The summed E-state index contributed by atoms with van der Waals surface area (Å²) in [6.07, 6.45) is 0.439. The van der Waals surface area contributed by atoms with Gasteiger partial charge in [0.05, 0.1) is 12.5 Å². The summed E-state index contributed by atoms with van der Waals surface area (Å²) in [4.78, 5) is 36.6. The molecule has 1 aromatic carbocycles. The van der Waals surface area contributed by atoms with Crippen molar-refractivity contribution in [3.8, 4) is 0 Å². The highest BCUT2D eigenvalue weighted by atomic mass is 16.5. The average Bonchev–Trinajstić information content (AvgIpc) is 2.52. The maximum absolute atomic E-state index is 12.8. The van der Waals surface area contributed by atoms with Gasteiger partial charge in [-0.3, -0.25) is 9.59 Å². The molecular weight excluding hydrogens is 296 g/mol. The van der Waals surface area contributed by atoms with Gasteiger partial charge in [0, 0.05) is 12.0 Å². The number of esters is 1. The second-order valence-electron chi connectivity index (χ2n) is 5.60. The fourth-order valence-corrected chi connectivity index (χ4v) is 2.65. The van der Waals surface area contributed by atoms with Gasteiger partial charge in [-0.1, -0.05) is 43.7 Å². The van der Waals surface area contributed by atoms with E-state index in [0.717, 1.165) is 0 Å². The Hall–Kier alpha value is -2.01. The van der Waals surface area contributed by atoms with Gasteiger partial charge in [0.1, 0.15) is 5.78 Å². The molecule has 1 rings (SSSR count). The van der Waals surface area contributed by atoms with Gasteiger partial charge >= 0.3 is 5.97 Å². The maximum atomic E-state index is 12.8. The van der Waals surface area contributed by atoms with E-state index in [0.29, 0.717) is 12.0 Å². The van der Waals surface area contributed by atoms with Crippen LogP contribution in [-0.4, -0.2) is 34.9 Å². The molecule has 0 fully saturated rings. The quantitative estimate of drug-likeness (QED) is 0.558. The first kappa shape index (κ1) is 19.0. The first-order valence-electron chi connectivity index (χ1n) is 7.85. The number of rotatable bonds is 9. The predicted octanol–water partition coefficient (Wildman–Crippen LogP) is 2.56. The second kappa shape index (κ2) is 8.58. The number of hydrogen-bond acceptors (Lipinski definition) is 5. The van der Waals surface area contributed by atoms with E-state index in [1.165, 1.54) is 6.92 Å². The number of carbonyl (C=O) groups is 3. The van der Waals surface area contributed by atoms with E-state index >= 15 is 0 Å². The summed E-state index contributed by atoms with van der Waals surface area (Å²) in [5, 5.41) is 10.9. The molecule has 0 saturated carbocycles. The van der Waals surface area contributed by atoms with Crippen LogP contribution in [0.4, 0.5) is 0 Å². The second-order valence-corrected chi connectivity index (χ2v) is 5.60. The van der Waals surface area contributed by atoms with Crippen molar-refractivity contribution in [1.82, 2.24) is 0 Å². The first-order valence-corrected chi connectivity index (χ1v) is 7.85. The molecule has 0 aromatic heterocycles. The summed E-state index contributed by atoms with van der Waals surface area (Å²) in [6, 6.07) is 8.46. The molecule has 1 N–H and O–H groups in total. The van der Waals surface area contributed by atoms with Crippen molar-refractivity contribution in [1.29, 1.82) is 0 Å². The van der Waals surface area contributed by atoms with Crippen molar-refractivity contribution in [3.05, 3.63) is 35.9 Å². The molecule has 0 amide bonds. The van der Waals surface area contributed by atoms with E-state index in [9.17, 15) is 19.5 Å². The first-order chi connectivity index (χ1) is 10.9. The van der Waals surface area contributed by atoms with Crippen LogP contribution in [0.3, 0.4) is 0 Å². The van der Waals surface area contributed by atoms with Crippen LogP contribution in [-0.2, 0) is 14.3 Å². The summed E-state index contributed by atoms with van der Waals surface area (Å²) in [6.45, 7) is 4.81. The van der Waals surface area contributed by atoms with Gasteiger partial charge in [0.25, 0.3) is 0 Å². The third-order valence-electron chi connectivity index (χ3n) is 3.68. The molecule has 0 heterocycles. The number of carbonyl (C=O) groups excluding carboxylic acids is 3. The van der Waals surface area contributed by atoms with Gasteiger partial charge in [-0.05, 0) is 20.3 Å². The summed E-state index contributed by atoms with van der Waals surface area (Å²) in [5.41, 5.74) is -1.73. The minimum Gasteiger partial charge on any atom is -0.464 e. The maximum Gasteiger partial charge on any atom is 0.339 e. The number of ether oxygens (including phenoxy) is 1. The molecule has 0 bridgehead atoms. The van der Waals surface area contributed by atoms with Crippen molar-refractivity contribution in [3.63, 3.8) is 0 Å². The number of ketones is 2. The van der Waals surface area contributed by atoms with Crippen molar-refractivity contribution < 1.29 is 24.2 Å². The van der Waals surface area contributed by atoms with E-state index in [-0.39, 0.29) is 24.6 Å². The standard InChI is InChI=1S/C18H24O5/c1-4-9-15(16(20)14-10-7-6-8-11-14)18(22,12-13(3)19)17(21)23-5-2/h6-8,10-11,15,22H,4-5,9,12H2,1-3H3/t15-,18-/m1/s1. The number of Topliss-reactive ketones (excluding diaryl/α,β-unsaturated/α-hetero) is 2. The van der Waals surface area contributed by atoms with Crippen molar-refractivity contribution in [2.24, 2.45) is 5.92 Å². The zero-order valence-electron chi connectivity index (χ0n) is 13.9.